The average molecular weight is 392 g/mol. The number of amides is 1. The zero-order valence-corrected chi connectivity index (χ0v) is 16.3. The monoisotopic (exact) mass is 392 g/mol. The zero-order valence-electron chi connectivity index (χ0n) is 16.3. The Morgan fingerprint density at radius 2 is 1.90 bits per heavy atom. The van der Waals surface area contributed by atoms with E-state index in [-0.39, 0.29) is 24.2 Å². The first-order valence-electron chi connectivity index (χ1n) is 9.46. The maximum atomic E-state index is 13.6. The van der Waals surface area contributed by atoms with Crippen molar-refractivity contribution in [3.8, 4) is 5.88 Å². The standard InChI is InChI=1S/C22H21FN4O2/c1-3-20-25-26-22(19-11-16-10-17(23)8-9-18(16)27(19)20)29-13-21(28)24-12-15-6-4-14(2)5-7-15/h4-11H,3,12-13H2,1-2H3,(H,24,28). The molecule has 0 atom stereocenters. The molecule has 0 bridgehead atoms. The fraction of sp³-hybridized carbons (Fsp3) is 0.227. The Kier molecular flexibility index (Phi) is 5.12. The minimum Gasteiger partial charge on any atom is -0.465 e. The van der Waals surface area contributed by atoms with Gasteiger partial charge in [0, 0.05) is 18.4 Å². The van der Waals surface area contributed by atoms with Gasteiger partial charge in [0.05, 0.1) is 5.52 Å². The number of aromatic nitrogens is 3. The highest BCUT2D eigenvalue weighted by Gasteiger charge is 2.15. The van der Waals surface area contributed by atoms with Gasteiger partial charge < -0.3 is 10.1 Å². The Morgan fingerprint density at radius 3 is 2.66 bits per heavy atom. The highest BCUT2D eigenvalue weighted by atomic mass is 19.1. The highest BCUT2D eigenvalue weighted by Crippen LogP contribution is 2.27. The molecule has 0 radical (unpaired) electrons. The summed E-state index contributed by atoms with van der Waals surface area (Å²) in [5.74, 6) is 0.402. The van der Waals surface area contributed by atoms with Crippen molar-refractivity contribution in [2.24, 2.45) is 0 Å². The molecular weight excluding hydrogens is 371 g/mol. The number of nitrogens with one attached hydrogen (secondary N) is 1. The molecule has 29 heavy (non-hydrogen) atoms. The van der Waals surface area contributed by atoms with Gasteiger partial charge >= 0.3 is 0 Å². The Labute approximate surface area is 167 Å². The molecule has 0 saturated carbocycles. The lowest BCUT2D eigenvalue weighted by Gasteiger charge is -2.10. The molecule has 0 saturated heterocycles. The largest absolute Gasteiger partial charge is 0.465 e. The van der Waals surface area contributed by atoms with E-state index in [1.807, 2.05) is 42.5 Å². The molecule has 2 heterocycles. The Hall–Kier alpha value is -3.48. The second-order valence-corrected chi connectivity index (χ2v) is 6.89. The van der Waals surface area contributed by atoms with Crippen molar-refractivity contribution in [3.05, 3.63) is 71.3 Å². The van der Waals surface area contributed by atoms with Gasteiger partial charge in [-0.25, -0.2) is 4.39 Å². The molecule has 4 aromatic rings. The molecule has 0 unspecified atom stereocenters. The number of hydrogen-bond donors (Lipinski definition) is 1. The summed E-state index contributed by atoms with van der Waals surface area (Å²) in [4.78, 5) is 12.2. The van der Waals surface area contributed by atoms with Crippen molar-refractivity contribution in [2.75, 3.05) is 6.61 Å². The minimum absolute atomic E-state index is 0.183. The quantitative estimate of drug-likeness (QED) is 0.545. The lowest BCUT2D eigenvalue weighted by atomic mass is 10.1. The molecule has 0 fully saturated rings. The molecule has 0 aliphatic heterocycles. The zero-order chi connectivity index (χ0) is 20.4. The van der Waals surface area contributed by atoms with Crippen LogP contribution in [-0.4, -0.2) is 27.1 Å². The van der Waals surface area contributed by atoms with Gasteiger partial charge in [-0.15, -0.1) is 10.2 Å². The normalized spacial score (nSPS) is 11.1. The number of aryl methyl sites for hydroxylation is 2. The number of nitrogens with zero attached hydrogens (tertiary/aromatic N) is 3. The molecule has 2 aromatic carbocycles. The first-order chi connectivity index (χ1) is 14.0. The second kappa shape index (κ2) is 7.87. The molecule has 148 valence electrons. The van der Waals surface area contributed by atoms with E-state index in [1.165, 1.54) is 17.7 Å². The van der Waals surface area contributed by atoms with Crippen LogP contribution in [0, 0.1) is 12.7 Å². The summed E-state index contributed by atoms with van der Waals surface area (Å²) in [5.41, 5.74) is 3.66. The SMILES string of the molecule is CCc1nnc(OCC(=O)NCc2ccc(C)cc2)c2cc3cc(F)ccc3n12. The molecule has 0 aliphatic rings. The van der Waals surface area contributed by atoms with E-state index in [0.29, 0.717) is 18.5 Å². The summed E-state index contributed by atoms with van der Waals surface area (Å²) in [5, 5.41) is 11.9. The van der Waals surface area contributed by atoms with Gasteiger partial charge in [-0.1, -0.05) is 36.8 Å². The summed E-state index contributed by atoms with van der Waals surface area (Å²) in [7, 11) is 0. The summed E-state index contributed by atoms with van der Waals surface area (Å²) in [6.07, 6.45) is 0.655. The average Bonchev–Trinajstić information content (AvgIpc) is 3.10. The predicted octanol–water partition coefficient (Wildman–Crippen LogP) is 3.59. The lowest BCUT2D eigenvalue weighted by molar-refractivity contribution is -0.123. The third-order valence-electron chi connectivity index (χ3n) is 4.76. The fourth-order valence-electron chi connectivity index (χ4n) is 3.24. The summed E-state index contributed by atoms with van der Waals surface area (Å²) in [6, 6.07) is 14.3. The summed E-state index contributed by atoms with van der Waals surface area (Å²) >= 11 is 0. The molecule has 2 aromatic heterocycles. The Balaban J connectivity index is 1.52. The molecule has 1 N–H and O–H groups in total. The second-order valence-electron chi connectivity index (χ2n) is 6.89. The number of halogens is 1. The molecule has 0 spiro atoms. The van der Waals surface area contributed by atoms with Crippen LogP contribution in [0.5, 0.6) is 5.88 Å². The van der Waals surface area contributed by atoms with Crippen LogP contribution in [0.3, 0.4) is 0 Å². The van der Waals surface area contributed by atoms with Crippen LogP contribution in [0.25, 0.3) is 16.4 Å². The number of benzene rings is 2. The molecule has 6 nitrogen and oxygen atoms in total. The van der Waals surface area contributed by atoms with E-state index in [4.69, 9.17) is 4.74 Å². The minimum atomic E-state index is -0.315. The highest BCUT2D eigenvalue weighted by molar-refractivity contribution is 5.89. The van der Waals surface area contributed by atoms with Crippen LogP contribution >= 0.6 is 0 Å². The number of ether oxygens (including phenoxy) is 1. The van der Waals surface area contributed by atoms with Crippen LogP contribution in [0.2, 0.25) is 0 Å². The van der Waals surface area contributed by atoms with E-state index in [1.54, 1.807) is 12.1 Å². The van der Waals surface area contributed by atoms with Crippen LogP contribution in [0.1, 0.15) is 23.9 Å². The maximum Gasteiger partial charge on any atom is 0.258 e. The van der Waals surface area contributed by atoms with Crippen molar-refractivity contribution in [3.63, 3.8) is 0 Å². The van der Waals surface area contributed by atoms with Crippen molar-refractivity contribution in [2.45, 2.75) is 26.8 Å². The molecule has 1 amide bonds. The van der Waals surface area contributed by atoms with Crippen LogP contribution in [0.15, 0.2) is 48.5 Å². The maximum absolute atomic E-state index is 13.6. The van der Waals surface area contributed by atoms with Crippen LogP contribution in [-0.2, 0) is 17.8 Å². The number of carbonyl (C=O) groups is 1. The van der Waals surface area contributed by atoms with Gasteiger partial charge in [0.25, 0.3) is 11.8 Å². The third kappa shape index (κ3) is 3.89. The smallest absolute Gasteiger partial charge is 0.258 e. The first kappa shape index (κ1) is 18.9. The van der Waals surface area contributed by atoms with Gasteiger partial charge in [-0.3, -0.25) is 9.20 Å². The van der Waals surface area contributed by atoms with E-state index < -0.39 is 0 Å². The molecule has 4 rings (SSSR count). The van der Waals surface area contributed by atoms with Crippen LogP contribution < -0.4 is 10.1 Å². The van der Waals surface area contributed by atoms with Crippen molar-refractivity contribution >= 4 is 22.3 Å². The van der Waals surface area contributed by atoms with Crippen molar-refractivity contribution in [1.82, 2.24) is 19.9 Å². The van der Waals surface area contributed by atoms with Gasteiger partial charge in [0.1, 0.15) is 17.2 Å². The van der Waals surface area contributed by atoms with Gasteiger partial charge in [0.15, 0.2) is 6.61 Å². The van der Waals surface area contributed by atoms with E-state index in [9.17, 15) is 9.18 Å². The molecular formula is C22H21FN4O2. The Bertz CT molecular complexity index is 1190. The van der Waals surface area contributed by atoms with Gasteiger partial charge in [0.2, 0.25) is 0 Å². The molecule has 0 aliphatic carbocycles. The first-order valence-corrected chi connectivity index (χ1v) is 9.46. The van der Waals surface area contributed by atoms with E-state index >= 15 is 0 Å². The topological polar surface area (TPSA) is 68.5 Å². The van der Waals surface area contributed by atoms with E-state index in [2.05, 4.69) is 15.5 Å². The number of carbonyl (C=O) groups excluding carboxylic acids is 1. The summed E-state index contributed by atoms with van der Waals surface area (Å²) in [6.45, 7) is 4.23. The van der Waals surface area contributed by atoms with Crippen molar-refractivity contribution in [1.29, 1.82) is 0 Å². The number of hydrogen-bond acceptors (Lipinski definition) is 4. The van der Waals surface area contributed by atoms with Gasteiger partial charge in [-0.05, 0) is 36.8 Å². The fourth-order valence-corrected chi connectivity index (χ4v) is 3.24. The lowest BCUT2D eigenvalue weighted by Crippen LogP contribution is -2.28. The Morgan fingerprint density at radius 1 is 1.10 bits per heavy atom. The van der Waals surface area contributed by atoms with Gasteiger partial charge in [-0.2, -0.15) is 0 Å². The predicted molar refractivity (Wildman–Crippen MR) is 108 cm³/mol. The van der Waals surface area contributed by atoms with E-state index in [0.717, 1.165) is 22.3 Å². The molecule has 7 heteroatoms. The summed E-state index contributed by atoms with van der Waals surface area (Å²) < 4.78 is 21.2. The van der Waals surface area contributed by atoms with Crippen molar-refractivity contribution < 1.29 is 13.9 Å². The van der Waals surface area contributed by atoms with Crippen LogP contribution in [0.4, 0.5) is 4.39 Å². The number of fused-ring (bicyclic) bond motifs is 3. The number of rotatable bonds is 6. The third-order valence-corrected chi connectivity index (χ3v) is 4.76.